The van der Waals surface area contributed by atoms with Gasteiger partial charge < -0.3 is 28.4 Å². The number of benzene rings is 3. The lowest BCUT2D eigenvalue weighted by atomic mass is 9.81. The van der Waals surface area contributed by atoms with Crippen LogP contribution in [0.25, 0.3) is 0 Å². The number of amides is 2. The van der Waals surface area contributed by atoms with Gasteiger partial charge in [0.25, 0.3) is 11.8 Å². The highest BCUT2D eigenvalue weighted by Crippen LogP contribution is 2.51. The number of imide groups is 1. The van der Waals surface area contributed by atoms with Gasteiger partial charge >= 0.3 is 0 Å². The van der Waals surface area contributed by atoms with E-state index < -0.39 is 0 Å². The van der Waals surface area contributed by atoms with Crippen LogP contribution in [0.2, 0.25) is 0 Å². The highest BCUT2D eigenvalue weighted by atomic mass is 16.6. The van der Waals surface area contributed by atoms with E-state index in [2.05, 4.69) is 59.2 Å². The molecule has 6 aliphatic rings. The molecule has 1 aromatic heterocycles. The minimum atomic E-state index is -0.383. The van der Waals surface area contributed by atoms with Gasteiger partial charge in [0.2, 0.25) is 5.75 Å². The lowest BCUT2D eigenvalue weighted by Crippen LogP contribution is -2.37. The van der Waals surface area contributed by atoms with Crippen molar-refractivity contribution in [3.05, 3.63) is 123 Å². The van der Waals surface area contributed by atoms with Crippen LogP contribution in [0.4, 0.5) is 0 Å². The predicted molar refractivity (Wildman–Crippen MR) is 216 cm³/mol. The molecule has 58 heavy (non-hydrogen) atoms. The summed E-state index contributed by atoms with van der Waals surface area (Å²) in [6.07, 6.45) is 8.27. The molecule has 0 saturated carbocycles. The molecule has 10 rings (SSSR count). The van der Waals surface area contributed by atoms with Gasteiger partial charge in [-0.15, -0.1) is 0 Å². The van der Waals surface area contributed by atoms with E-state index in [0.717, 1.165) is 53.9 Å². The van der Waals surface area contributed by atoms with E-state index in [1.54, 1.807) is 27.4 Å². The Kier molecular flexibility index (Phi) is 10.1. The molecule has 12 nitrogen and oxygen atoms in total. The number of allylic oxidation sites excluding steroid dienone is 1. The smallest absolute Gasteiger partial charge is 0.263 e. The van der Waals surface area contributed by atoms with Gasteiger partial charge in [0.1, 0.15) is 11.5 Å². The van der Waals surface area contributed by atoms with Crippen LogP contribution in [0.5, 0.6) is 34.5 Å². The maximum absolute atomic E-state index is 12.9. The normalized spacial score (nSPS) is 21.4. The number of hydrogen-bond acceptors (Lipinski definition) is 11. The fourth-order valence-corrected chi connectivity index (χ4v) is 9.22. The van der Waals surface area contributed by atoms with E-state index in [9.17, 15) is 9.59 Å². The zero-order valence-corrected chi connectivity index (χ0v) is 33.6. The third-order valence-electron chi connectivity index (χ3n) is 12.2. The fourth-order valence-electron chi connectivity index (χ4n) is 9.22. The molecule has 4 aromatic rings. The minimum absolute atomic E-state index is 0.0369. The summed E-state index contributed by atoms with van der Waals surface area (Å²) in [5.74, 6) is 3.86. The maximum atomic E-state index is 12.9. The molecule has 3 atom stereocenters. The van der Waals surface area contributed by atoms with E-state index in [0.29, 0.717) is 64.9 Å². The van der Waals surface area contributed by atoms with Crippen molar-refractivity contribution in [2.24, 2.45) is 0 Å². The monoisotopic (exact) mass is 784 g/mol. The van der Waals surface area contributed by atoms with Crippen molar-refractivity contribution in [1.82, 2.24) is 19.7 Å². The van der Waals surface area contributed by atoms with Gasteiger partial charge in [-0.2, -0.15) is 0 Å². The number of aromatic nitrogens is 1. The summed E-state index contributed by atoms with van der Waals surface area (Å²) in [6, 6.07) is 18.0. The Hall–Kier alpha value is -5.85. The summed E-state index contributed by atoms with van der Waals surface area (Å²) in [7, 11) is 9.38. The summed E-state index contributed by atoms with van der Waals surface area (Å²) in [4.78, 5) is 35.9. The van der Waals surface area contributed by atoms with Crippen LogP contribution in [0, 0.1) is 0 Å². The highest BCUT2D eigenvalue weighted by molar-refractivity contribution is 6.21. The number of ether oxygens (including phenoxy) is 6. The number of likely N-dealkylation sites (N-methyl/N-ethyl adjacent to an activating group) is 2. The van der Waals surface area contributed by atoms with Crippen molar-refractivity contribution in [1.29, 1.82) is 0 Å². The molecule has 0 fully saturated rings. The molecule has 6 heterocycles. The topological polar surface area (TPSA) is 112 Å². The number of pyridine rings is 1. The van der Waals surface area contributed by atoms with Crippen LogP contribution in [-0.4, -0.2) is 99.3 Å². The Bertz CT molecular complexity index is 2300. The van der Waals surface area contributed by atoms with Crippen molar-refractivity contribution in [2.45, 2.75) is 50.3 Å². The van der Waals surface area contributed by atoms with Crippen LogP contribution in [-0.2, 0) is 17.6 Å². The van der Waals surface area contributed by atoms with Crippen LogP contribution in [0.1, 0.15) is 74.3 Å². The molecule has 0 spiro atoms. The number of nitrogens with zero attached hydrogens (tertiary/aromatic N) is 4. The zero-order valence-electron chi connectivity index (χ0n) is 33.6. The average molecular weight is 785 g/mol. The summed E-state index contributed by atoms with van der Waals surface area (Å²) < 4.78 is 38.3. The Morgan fingerprint density at radius 3 is 2.43 bits per heavy atom. The largest absolute Gasteiger partial charge is 0.497 e. The number of carbonyl (C=O) groups excluding carboxylic acids is 2. The van der Waals surface area contributed by atoms with Gasteiger partial charge in [-0.1, -0.05) is 18.2 Å². The number of hydrogen-bond donors (Lipinski definition) is 0. The van der Waals surface area contributed by atoms with E-state index in [-0.39, 0.29) is 43.2 Å². The third kappa shape index (κ3) is 6.63. The second-order valence-electron chi connectivity index (χ2n) is 15.5. The van der Waals surface area contributed by atoms with Crippen molar-refractivity contribution >= 4 is 11.8 Å². The standard InChI is InChI=1S/C46H48N4O8/c1-48-18-15-30-24-40(54-4)43(55-5)44-41(30)35(48)21-27-7-12-36(56-20-6-17-50-45(51)32-13-16-47-26-34(32)46(50)52)38(22-27)57-31-10-8-28(9-11-31)42-33-25-39(58-44)37(53-3)23-29(33)14-19-49(42)2/h7-13,16,22-24,26,35,39,42H,6,14-15,17-21,25H2,1-5H3/t35-,39?,42?/m1/s1. The number of rotatable bonds is 8. The van der Waals surface area contributed by atoms with Crippen LogP contribution in [0.15, 0.2) is 90.0 Å². The zero-order chi connectivity index (χ0) is 40.1. The molecule has 12 heteroatoms. The molecule has 5 aliphatic heterocycles. The molecule has 2 unspecified atom stereocenters. The van der Waals surface area contributed by atoms with E-state index in [1.165, 1.54) is 28.4 Å². The summed E-state index contributed by atoms with van der Waals surface area (Å²) in [5, 5.41) is 0. The lowest BCUT2D eigenvalue weighted by Gasteiger charge is -2.41. The van der Waals surface area contributed by atoms with Gasteiger partial charge in [-0.3, -0.25) is 29.3 Å². The second-order valence-corrected chi connectivity index (χ2v) is 15.5. The van der Waals surface area contributed by atoms with E-state index in [1.807, 2.05) is 24.3 Å². The molecule has 300 valence electrons. The molecule has 0 N–H and O–H groups in total. The molecule has 3 aromatic carbocycles. The lowest BCUT2D eigenvalue weighted by molar-refractivity contribution is 0.0646. The molecule has 0 saturated heterocycles. The molecular weight excluding hydrogens is 737 g/mol. The first-order valence-corrected chi connectivity index (χ1v) is 19.9. The first-order chi connectivity index (χ1) is 28.3. The van der Waals surface area contributed by atoms with Crippen LogP contribution < -0.4 is 23.7 Å². The third-order valence-corrected chi connectivity index (χ3v) is 12.2. The Balaban J connectivity index is 1.09. The van der Waals surface area contributed by atoms with Gasteiger partial charge in [-0.25, -0.2) is 0 Å². The number of methoxy groups -OCH3 is 3. The quantitative estimate of drug-likeness (QED) is 0.135. The van der Waals surface area contributed by atoms with Crippen LogP contribution in [0.3, 0.4) is 0 Å². The first kappa shape index (κ1) is 37.7. The van der Waals surface area contributed by atoms with Crippen LogP contribution >= 0.6 is 0 Å². The van der Waals surface area contributed by atoms with Gasteiger partial charge in [0, 0.05) is 50.1 Å². The van der Waals surface area contributed by atoms with Crippen molar-refractivity contribution in [3.8, 4) is 34.5 Å². The molecule has 0 radical (unpaired) electrons. The Morgan fingerprint density at radius 1 is 0.845 bits per heavy atom. The molecular formula is C46H48N4O8. The number of fused-ring (bicyclic) bond motifs is 3. The minimum Gasteiger partial charge on any atom is -0.497 e. The average Bonchev–Trinajstić information content (AvgIpc) is 3.48. The Morgan fingerprint density at radius 2 is 1.66 bits per heavy atom. The molecule has 2 amide bonds. The van der Waals surface area contributed by atoms with Crippen molar-refractivity contribution < 1.29 is 38.0 Å². The second kappa shape index (κ2) is 15.5. The van der Waals surface area contributed by atoms with Gasteiger partial charge in [-0.05, 0) is 110 Å². The molecule has 6 bridgehead atoms. The maximum Gasteiger partial charge on any atom is 0.263 e. The fraction of sp³-hybridized carbons (Fsp3) is 0.370. The van der Waals surface area contributed by atoms with Crippen molar-refractivity contribution in [3.63, 3.8) is 0 Å². The summed E-state index contributed by atoms with van der Waals surface area (Å²) in [6.45, 7) is 2.25. The van der Waals surface area contributed by atoms with E-state index >= 15 is 0 Å². The number of carbonyl (C=O) groups is 2. The van der Waals surface area contributed by atoms with Crippen molar-refractivity contribution in [2.75, 3.05) is 61.7 Å². The first-order valence-electron chi connectivity index (χ1n) is 19.9. The Labute approximate surface area is 338 Å². The van der Waals surface area contributed by atoms with E-state index in [4.69, 9.17) is 28.4 Å². The SMILES string of the molecule is COC1=CC2=C3CC1Oc1c(OC)c(OC)cc4c1[C@@H](Cc1ccc(OCCCN5C(=O)c6ccncc6C5=O)c(c1)Oc1ccc(cc1)C3N(C)CC2)N(C)CC4. The highest BCUT2D eigenvalue weighted by Gasteiger charge is 2.39. The summed E-state index contributed by atoms with van der Waals surface area (Å²) >= 11 is 0. The van der Waals surface area contributed by atoms with Gasteiger partial charge in [0.15, 0.2) is 29.1 Å². The van der Waals surface area contributed by atoms with Gasteiger partial charge in [0.05, 0.1) is 45.1 Å². The molecule has 1 aliphatic carbocycles. The summed E-state index contributed by atoms with van der Waals surface area (Å²) in [5.41, 5.74) is 7.75. The predicted octanol–water partition coefficient (Wildman–Crippen LogP) is 7.10.